The van der Waals surface area contributed by atoms with Crippen LogP contribution in [0.2, 0.25) is 0 Å². The van der Waals surface area contributed by atoms with Crippen LogP contribution in [0.3, 0.4) is 0 Å². The number of nitrogens with zero attached hydrogens (tertiary/aromatic N) is 4. The van der Waals surface area contributed by atoms with Crippen molar-refractivity contribution in [2.75, 3.05) is 18.6 Å². The summed E-state index contributed by atoms with van der Waals surface area (Å²) in [5.41, 5.74) is 2.14. The van der Waals surface area contributed by atoms with Crippen LogP contribution in [0.5, 0.6) is 0 Å². The SMILES string of the molecule is Cc1ccccc1CN(C)C(=O)CSc1nnc(C(C)(C)C)n1N. The van der Waals surface area contributed by atoms with Gasteiger partial charge in [-0.25, -0.2) is 4.68 Å². The van der Waals surface area contributed by atoms with Crippen LogP contribution in [0.25, 0.3) is 0 Å². The highest BCUT2D eigenvalue weighted by Gasteiger charge is 2.23. The van der Waals surface area contributed by atoms with E-state index >= 15 is 0 Å². The highest BCUT2D eigenvalue weighted by molar-refractivity contribution is 7.99. The molecule has 0 atom stereocenters. The minimum atomic E-state index is -0.188. The van der Waals surface area contributed by atoms with Gasteiger partial charge in [0.1, 0.15) is 0 Å². The Bertz CT molecular complexity index is 720. The summed E-state index contributed by atoms with van der Waals surface area (Å²) in [4.78, 5) is 14.1. The zero-order valence-electron chi connectivity index (χ0n) is 14.9. The van der Waals surface area contributed by atoms with Crippen molar-refractivity contribution < 1.29 is 4.79 Å². The van der Waals surface area contributed by atoms with Gasteiger partial charge in [0.25, 0.3) is 0 Å². The molecule has 2 aromatic rings. The third kappa shape index (κ3) is 4.29. The van der Waals surface area contributed by atoms with Crippen LogP contribution in [0.1, 0.15) is 37.7 Å². The average Bonchev–Trinajstić information content (AvgIpc) is 2.88. The Kier molecular flexibility index (Phi) is 5.54. The van der Waals surface area contributed by atoms with Crippen molar-refractivity contribution in [2.45, 2.75) is 44.8 Å². The average molecular weight is 347 g/mol. The Morgan fingerprint density at radius 3 is 2.54 bits per heavy atom. The first-order valence-electron chi connectivity index (χ1n) is 7.82. The molecule has 2 rings (SSSR count). The van der Waals surface area contributed by atoms with E-state index in [2.05, 4.69) is 10.2 Å². The molecule has 130 valence electrons. The summed E-state index contributed by atoms with van der Waals surface area (Å²) in [6.07, 6.45) is 0. The summed E-state index contributed by atoms with van der Waals surface area (Å²) in [6, 6.07) is 8.07. The van der Waals surface area contributed by atoms with Gasteiger partial charge in [0.15, 0.2) is 5.82 Å². The lowest BCUT2D eigenvalue weighted by Gasteiger charge is -2.18. The Hall–Kier alpha value is -2.02. The topological polar surface area (TPSA) is 77.0 Å². The molecule has 0 saturated heterocycles. The normalized spacial score (nSPS) is 11.5. The van der Waals surface area contributed by atoms with Gasteiger partial charge in [-0.1, -0.05) is 56.8 Å². The van der Waals surface area contributed by atoms with Gasteiger partial charge in [-0.3, -0.25) is 4.79 Å². The van der Waals surface area contributed by atoms with Gasteiger partial charge >= 0.3 is 0 Å². The number of nitrogen functional groups attached to an aromatic ring is 1. The van der Waals surface area contributed by atoms with Crippen LogP contribution in [0, 0.1) is 6.92 Å². The number of carbonyl (C=O) groups is 1. The number of nitrogens with two attached hydrogens (primary N) is 1. The third-order valence-corrected chi connectivity index (χ3v) is 4.68. The van der Waals surface area contributed by atoms with Gasteiger partial charge in [-0.05, 0) is 18.1 Å². The monoisotopic (exact) mass is 347 g/mol. The molecule has 0 aliphatic rings. The van der Waals surface area contributed by atoms with Crippen molar-refractivity contribution >= 4 is 17.7 Å². The molecule has 6 nitrogen and oxygen atoms in total. The molecule has 1 amide bonds. The van der Waals surface area contributed by atoms with E-state index < -0.39 is 0 Å². The molecule has 2 N–H and O–H groups in total. The minimum absolute atomic E-state index is 0.0311. The molecule has 0 radical (unpaired) electrons. The van der Waals surface area contributed by atoms with Gasteiger partial charge in [0.05, 0.1) is 5.75 Å². The summed E-state index contributed by atoms with van der Waals surface area (Å²) in [5.74, 6) is 7.05. The van der Waals surface area contributed by atoms with Gasteiger partial charge in [0.2, 0.25) is 11.1 Å². The van der Waals surface area contributed by atoms with Crippen LogP contribution < -0.4 is 5.84 Å². The third-order valence-electron chi connectivity index (χ3n) is 3.75. The van der Waals surface area contributed by atoms with E-state index in [0.717, 1.165) is 5.56 Å². The minimum Gasteiger partial charge on any atom is -0.341 e. The van der Waals surface area contributed by atoms with Crippen LogP contribution in [-0.4, -0.2) is 38.5 Å². The van der Waals surface area contributed by atoms with Crippen molar-refractivity contribution in [3.8, 4) is 0 Å². The molecule has 1 heterocycles. The smallest absolute Gasteiger partial charge is 0.233 e. The molecule has 0 aliphatic heterocycles. The molecule has 0 saturated carbocycles. The largest absolute Gasteiger partial charge is 0.341 e. The first-order valence-corrected chi connectivity index (χ1v) is 8.81. The lowest BCUT2D eigenvalue weighted by atomic mass is 9.96. The number of carbonyl (C=O) groups excluding carboxylic acids is 1. The van der Waals surface area contributed by atoms with E-state index in [9.17, 15) is 4.79 Å². The first kappa shape index (κ1) is 18.3. The first-order chi connectivity index (χ1) is 11.2. The maximum atomic E-state index is 12.4. The zero-order valence-corrected chi connectivity index (χ0v) is 15.7. The van der Waals surface area contributed by atoms with Crippen molar-refractivity contribution in [1.29, 1.82) is 0 Å². The maximum Gasteiger partial charge on any atom is 0.233 e. The number of aryl methyl sites for hydroxylation is 1. The Morgan fingerprint density at radius 1 is 1.29 bits per heavy atom. The van der Waals surface area contributed by atoms with Gasteiger partial charge in [0, 0.05) is 19.0 Å². The number of benzene rings is 1. The number of hydrogen-bond acceptors (Lipinski definition) is 5. The molecule has 0 aliphatic carbocycles. The number of thioether (sulfide) groups is 1. The lowest BCUT2D eigenvalue weighted by molar-refractivity contribution is -0.127. The van der Waals surface area contributed by atoms with E-state index in [0.29, 0.717) is 17.5 Å². The molecular formula is C17H25N5OS. The molecule has 1 aromatic heterocycles. The second kappa shape index (κ2) is 7.25. The van der Waals surface area contributed by atoms with E-state index in [4.69, 9.17) is 5.84 Å². The second-order valence-electron chi connectivity index (χ2n) is 6.89. The summed E-state index contributed by atoms with van der Waals surface area (Å²) in [6.45, 7) is 8.71. The van der Waals surface area contributed by atoms with Crippen molar-refractivity contribution in [1.82, 2.24) is 19.8 Å². The fourth-order valence-electron chi connectivity index (χ4n) is 2.25. The number of rotatable bonds is 5. The molecule has 7 heteroatoms. The van der Waals surface area contributed by atoms with Crippen molar-refractivity contribution in [3.05, 3.63) is 41.2 Å². The number of aromatic nitrogens is 3. The molecule has 0 bridgehead atoms. The van der Waals surface area contributed by atoms with Gasteiger partial charge < -0.3 is 10.7 Å². The molecule has 24 heavy (non-hydrogen) atoms. The summed E-state index contributed by atoms with van der Waals surface area (Å²) in [7, 11) is 1.81. The van der Waals surface area contributed by atoms with Crippen molar-refractivity contribution in [2.24, 2.45) is 0 Å². The molecule has 0 fully saturated rings. The standard InChI is InChI=1S/C17H25N5OS/c1-12-8-6-7-9-13(12)10-21(5)14(23)11-24-16-20-19-15(22(16)18)17(2,3)4/h6-9H,10-11,18H2,1-5H3. The predicted octanol–water partition coefficient (Wildman–Crippen LogP) is 2.35. The Balaban J connectivity index is 1.96. The lowest BCUT2D eigenvalue weighted by Crippen LogP contribution is -2.28. The summed E-state index contributed by atoms with van der Waals surface area (Å²) in [5, 5.41) is 8.78. The number of hydrogen-bond donors (Lipinski definition) is 1. The molecular weight excluding hydrogens is 322 g/mol. The quantitative estimate of drug-likeness (QED) is 0.663. The Labute approximate surface area is 147 Å². The molecule has 1 aromatic carbocycles. The van der Waals surface area contributed by atoms with Crippen molar-refractivity contribution in [3.63, 3.8) is 0 Å². The zero-order chi connectivity index (χ0) is 17.9. The van der Waals surface area contributed by atoms with E-state index in [-0.39, 0.29) is 17.1 Å². The summed E-state index contributed by atoms with van der Waals surface area (Å²) >= 11 is 1.31. The highest BCUT2D eigenvalue weighted by Crippen LogP contribution is 2.23. The van der Waals surface area contributed by atoms with Gasteiger partial charge in [-0.15, -0.1) is 10.2 Å². The van der Waals surface area contributed by atoms with Crippen LogP contribution in [0.4, 0.5) is 0 Å². The maximum absolute atomic E-state index is 12.4. The molecule has 0 unspecified atom stereocenters. The molecule has 0 spiro atoms. The van der Waals surface area contributed by atoms with Crippen LogP contribution in [0.15, 0.2) is 29.4 Å². The van der Waals surface area contributed by atoms with Crippen LogP contribution >= 0.6 is 11.8 Å². The van der Waals surface area contributed by atoms with E-state index in [1.807, 2.05) is 59.0 Å². The predicted molar refractivity (Wildman–Crippen MR) is 97.2 cm³/mol. The fraction of sp³-hybridized carbons (Fsp3) is 0.471. The highest BCUT2D eigenvalue weighted by atomic mass is 32.2. The van der Waals surface area contributed by atoms with E-state index in [1.165, 1.54) is 22.0 Å². The number of amides is 1. The van der Waals surface area contributed by atoms with E-state index in [1.54, 1.807) is 4.90 Å². The van der Waals surface area contributed by atoms with Gasteiger partial charge in [-0.2, -0.15) is 0 Å². The summed E-state index contributed by atoms with van der Waals surface area (Å²) < 4.78 is 1.47. The second-order valence-corrected chi connectivity index (χ2v) is 7.83. The fourth-order valence-corrected chi connectivity index (χ4v) is 3.05. The van der Waals surface area contributed by atoms with Crippen LogP contribution in [-0.2, 0) is 16.8 Å². The Morgan fingerprint density at radius 2 is 1.96 bits per heavy atom.